The number of hydrogen-bond donors (Lipinski definition) is 0. The monoisotopic (exact) mass is 1460 g/mol. The minimum atomic E-state index is -2.66. The van der Waals surface area contributed by atoms with E-state index >= 15 is 0 Å². The molecule has 0 aliphatic carbocycles. The normalized spacial score (nSPS) is 14.9. The first kappa shape index (κ1) is 64.2. The first-order chi connectivity index (χ1) is 57.1. The standard InChI is InChI=1S/6C17H22N/c3*1-12(2)16-10-17(18(5)11-14(16)4)15-9-7-6-8-13(15)3;3*1-12(2)16-11-18(5)17(10-14(16)4)15-9-7-6-8-13(15)3/h6*6-12H,1-5H3/q6*+1/i1D3,4D3,12D;4D3,12D;;1D3,12D;12D;. The Morgan fingerprint density at radius 2 is 0.435 bits per heavy atom. The highest BCUT2D eigenvalue weighted by Crippen LogP contribution is 2.32. The zero-order chi connectivity index (χ0) is 93.4. The quantitative estimate of drug-likeness (QED) is 0.109. The van der Waals surface area contributed by atoms with Gasteiger partial charge in [-0.3, -0.25) is 0 Å². The van der Waals surface area contributed by atoms with E-state index in [1.807, 2.05) is 137 Å². The van der Waals surface area contributed by atoms with Crippen LogP contribution in [0.3, 0.4) is 0 Å². The summed E-state index contributed by atoms with van der Waals surface area (Å²) >= 11 is 0. The second-order valence-corrected chi connectivity index (χ2v) is 30.2. The van der Waals surface area contributed by atoms with Gasteiger partial charge in [0.15, 0.2) is 37.2 Å². The average molecular weight is 1460 g/mol. The van der Waals surface area contributed by atoms with Crippen LogP contribution in [0.2, 0.25) is 0 Å². The maximum absolute atomic E-state index is 8.40. The van der Waals surface area contributed by atoms with Gasteiger partial charge < -0.3 is 0 Å². The zero-order valence-electron chi connectivity index (χ0n) is 85.6. The average Bonchev–Trinajstić information content (AvgIpc) is 0.751. The fourth-order valence-corrected chi connectivity index (χ4v) is 14.0. The van der Waals surface area contributed by atoms with Crippen molar-refractivity contribution in [3.05, 3.63) is 319 Å². The number of nitrogens with zero attached hydrogens (tertiary/aromatic N) is 6. The molecule has 0 saturated heterocycles. The molecule has 0 N–H and O–H groups in total. The highest BCUT2D eigenvalue weighted by molar-refractivity contribution is 5.66. The number of aryl methyl sites for hydroxylation is 18. The van der Waals surface area contributed by atoms with Crippen LogP contribution in [0, 0.1) is 82.9 Å². The number of aromatic nitrogens is 6. The van der Waals surface area contributed by atoms with Crippen LogP contribution in [0.4, 0.5) is 0 Å². The van der Waals surface area contributed by atoms with Gasteiger partial charge in [0, 0.05) is 125 Å². The molecule has 564 valence electrons. The van der Waals surface area contributed by atoms with Crippen molar-refractivity contribution < 1.29 is 49.3 Å². The van der Waals surface area contributed by atoms with E-state index in [9.17, 15) is 0 Å². The lowest BCUT2D eigenvalue weighted by Gasteiger charge is -2.11. The first-order valence-electron chi connectivity index (χ1n) is 45.6. The SMILES string of the molecule is Cc1ccccc1-c1cc(C(C)C)c(C)c[n+]1C.Cc1ccccc1-c1cc(C)c(C(C)C)c[n+]1C.[2H]C(C)(C)c1c[n+](C)c(-c2ccccc2C)cc1C.[2H]C([2H])([2H])C([2H])(C)c1c[n+](C)c(-c2ccccc2C)cc1C.[2H]C([2H])([2H])c1c[n+](C)c(-c2ccccc2C)cc1C([2H])(C)C.[2H]C([2H])([2H])c1c[n+](C)c(-c2ccccc2C)cc1C([2H])(C)C([2H])([2H])[2H]. The van der Waals surface area contributed by atoms with Crippen LogP contribution in [0.5, 0.6) is 0 Å². The van der Waals surface area contributed by atoms with Crippen molar-refractivity contribution >= 4 is 0 Å². The molecule has 6 aromatic heterocycles. The highest BCUT2D eigenvalue weighted by Gasteiger charge is 2.23. The molecular formula is C102H132N6+6. The smallest absolute Gasteiger partial charge is 0.201 e. The molecule has 12 rings (SSSR count). The van der Waals surface area contributed by atoms with Crippen LogP contribution in [-0.2, 0) is 42.3 Å². The van der Waals surface area contributed by atoms with E-state index in [2.05, 4.69) is 227 Å². The largest absolute Gasteiger partial charge is 0.212 e. The summed E-state index contributed by atoms with van der Waals surface area (Å²) in [6, 6.07) is 61.4. The van der Waals surface area contributed by atoms with Gasteiger partial charge in [0.25, 0.3) is 0 Å². The number of rotatable bonds is 12. The molecule has 0 saturated carbocycles. The predicted octanol–water partition coefficient (Wildman–Crippen LogP) is 23.5. The van der Waals surface area contributed by atoms with Gasteiger partial charge in [0.05, 0.1) is 0 Å². The second kappa shape index (κ2) is 38.8. The van der Waals surface area contributed by atoms with Crippen molar-refractivity contribution in [2.45, 2.75) is 201 Å². The van der Waals surface area contributed by atoms with Gasteiger partial charge in [-0.1, -0.05) is 192 Å². The van der Waals surface area contributed by atoms with Crippen LogP contribution >= 0.6 is 0 Å². The molecule has 0 aliphatic rings. The molecule has 0 fully saturated rings. The maximum atomic E-state index is 8.40. The Balaban J connectivity index is 0.000000205. The van der Waals surface area contributed by atoms with Gasteiger partial charge in [0.1, 0.15) is 42.3 Å². The van der Waals surface area contributed by atoms with Gasteiger partial charge in [-0.05, 0) is 222 Å². The first-order valence-corrected chi connectivity index (χ1v) is 37.6. The van der Waals surface area contributed by atoms with E-state index in [4.69, 9.17) is 21.9 Å². The Kier molecular flexibility index (Phi) is 23.1. The Morgan fingerprint density at radius 3 is 0.694 bits per heavy atom. The summed E-state index contributed by atoms with van der Waals surface area (Å²) in [7, 11) is 11.8. The number of pyridine rings is 6. The molecule has 6 heterocycles. The lowest BCUT2D eigenvalue weighted by molar-refractivity contribution is -0.661. The van der Waals surface area contributed by atoms with Gasteiger partial charge >= 0.3 is 0 Å². The van der Waals surface area contributed by atoms with Crippen LogP contribution in [0.1, 0.15) is 240 Å². The minimum absolute atomic E-state index is 0.00357. The highest BCUT2D eigenvalue weighted by atomic mass is 14.9. The van der Waals surface area contributed by atoms with E-state index < -0.39 is 51.0 Å². The summed E-state index contributed by atoms with van der Waals surface area (Å²) in [5.41, 5.74) is 30.4. The molecule has 0 amide bonds. The molecule has 0 aliphatic heterocycles. The summed E-state index contributed by atoms with van der Waals surface area (Å²) in [6.07, 6.45) is 11.4. The second-order valence-electron chi connectivity index (χ2n) is 30.2. The third-order valence-corrected chi connectivity index (χ3v) is 20.2. The topological polar surface area (TPSA) is 23.3 Å². The molecule has 0 radical (unpaired) electrons. The zero-order valence-corrected chi connectivity index (χ0v) is 69.6. The summed E-state index contributed by atoms with van der Waals surface area (Å²) in [5.74, 6) is -4.07. The van der Waals surface area contributed by atoms with E-state index in [1.165, 1.54) is 104 Å². The van der Waals surface area contributed by atoms with Crippen molar-refractivity contribution in [1.82, 2.24) is 0 Å². The van der Waals surface area contributed by atoms with Crippen molar-refractivity contribution in [2.75, 3.05) is 0 Å². The van der Waals surface area contributed by atoms with E-state index in [0.29, 0.717) is 28.7 Å². The summed E-state index contributed by atoms with van der Waals surface area (Å²) in [5, 5.41) is 0. The maximum Gasteiger partial charge on any atom is 0.212 e. The van der Waals surface area contributed by atoms with Crippen molar-refractivity contribution in [1.29, 1.82) is 0 Å². The number of hydrogen-bond acceptors (Lipinski definition) is 0. The minimum Gasteiger partial charge on any atom is -0.201 e. The fraction of sp³-hybridized carbons (Fsp3) is 0.353. The molecule has 0 bridgehead atoms. The van der Waals surface area contributed by atoms with E-state index in [1.54, 1.807) is 37.9 Å². The van der Waals surface area contributed by atoms with Crippen LogP contribution in [0.15, 0.2) is 219 Å². The molecular weight excluding hydrogens is 1310 g/mol. The third kappa shape index (κ3) is 21.8. The molecule has 0 spiro atoms. The van der Waals surface area contributed by atoms with Crippen molar-refractivity contribution in [3.8, 4) is 67.5 Å². The van der Waals surface area contributed by atoms with Crippen LogP contribution < -0.4 is 27.4 Å². The molecule has 2 unspecified atom stereocenters. The molecule has 6 heteroatoms. The summed E-state index contributed by atoms with van der Waals surface area (Å²) in [6.45, 7) is 30.1. The van der Waals surface area contributed by atoms with E-state index in [0.717, 1.165) is 55.9 Å². The summed E-state index contributed by atoms with van der Waals surface area (Å²) in [4.78, 5) is 0. The van der Waals surface area contributed by atoms with Gasteiger partial charge in [-0.2, -0.15) is 0 Å². The van der Waals surface area contributed by atoms with Gasteiger partial charge in [-0.25, -0.2) is 27.4 Å². The Bertz CT molecular complexity index is 5750. The van der Waals surface area contributed by atoms with Crippen LogP contribution in [-0.4, -0.2) is 0 Å². The lowest BCUT2D eigenvalue weighted by Crippen LogP contribution is -2.32. The Labute approximate surface area is 676 Å². The van der Waals surface area contributed by atoms with Crippen molar-refractivity contribution in [3.63, 3.8) is 0 Å². The predicted molar refractivity (Wildman–Crippen MR) is 460 cm³/mol. The molecule has 12 aromatic rings. The molecule has 2 atom stereocenters. The number of benzene rings is 6. The Hall–Kier alpha value is -9.78. The van der Waals surface area contributed by atoms with Gasteiger partial charge in [0.2, 0.25) is 34.2 Å². The van der Waals surface area contributed by atoms with Crippen molar-refractivity contribution in [2.24, 2.45) is 42.3 Å². The van der Waals surface area contributed by atoms with E-state index in [-0.39, 0.29) is 16.7 Å². The lowest BCUT2D eigenvalue weighted by atomic mass is 9.96. The van der Waals surface area contributed by atoms with Gasteiger partial charge in [-0.15, -0.1) is 0 Å². The molecule has 108 heavy (non-hydrogen) atoms. The fourth-order valence-electron chi connectivity index (χ4n) is 14.0. The third-order valence-electron chi connectivity index (χ3n) is 20.2. The molecule has 6 nitrogen and oxygen atoms in total. The summed E-state index contributed by atoms with van der Waals surface area (Å²) < 4.78 is 138. The Morgan fingerprint density at radius 1 is 0.222 bits per heavy atom. The molecule has 6 aromatic carbocycles. The van der Waals surface area contributed by atoms with Crippen LogP contribution in [0.25, 0.3) is 67.5 Å².